The summed E-state index contributed by atoms with van der Waals surface area (Å²) in [5.74, 6) is 1.01. The van der Waals surface area contributed by atoms with Crippen molar-refractivity contribution in [3.8, 4) is 5.75 Å². The van der Waals surface area contributed by atoms with Crippen molar-refractivity contribution in [2.24, 2.45) is 10.9 Å². The van der Waals surface area contributed by atoms with Crippen LogP contribution in [0.15, 0.2) is 29.3 Å². The van der Waals surface area contributed by atoms with Gasteiger partial charge in [0.2, 0.25) is 0 Å². The van der Waals surface area contributed by atoms with E-state index in [0.29, 0.717) is 37.1 Å². The minimum atomic E-state index is -4.72. The number of hydrogen-bond acceptors (Lipinski definition) is 3. The summed E-state index contributed by atoms with van der Waals surface area (Å²) in [7, 11) is 0. The summed E-state index contributed by atoms with van der Waals surface area (Å²) in [4.78, 5) is 4.31. The highest BCUT2D eigenvalue weighted by Crippen LogP contribution is 2.28. The Bertz CT molecular complexity index is 566. The predicted molar refractivity (Wildman–Crippen MR) is 105 cm³/mol. The van der Waals surface area contributed by atoms with Crippen molar-refractivity contribution in [2.75, 3.05) is 26.3 Å². The van der Waals surface area contributed by atoms with Gasteiger partial charge in [-0.25, -0.2) is 4.99 Å². The molecule has 0 aliphatic heterocycles. The van der Waals surface area contributed by atoms with E-state index < -0.39 is 6.36 Å². The molecule has 1 aromatic carbocycles. The van der Waals surface area contributed by atoms with Gasteiger partial charge in [0.15, 0.2) is 5.96 Å². The lowest BCUT2D eigenvalue weighted by Crippen LogP contribution is -2.39. The summed E-state index contributed by atoms with van der Waals surface area (Å²) in [6.45, 7) is 4.58. The quantitative estimate of drug-likeness (QED) is 0.242. The average Bonchev–Trinajstić information content (AvgIpc) is 3.36. The number of nitrogens with zero attached hydrogens (tertiary/aromatic N) is 1. The van der Waals surface area contributed by atoms with E-state index in [-0.39, 0.29) is 36.3 Å². The summed E-state index contributed by atoms with van der Waals surface area (Å²) in [5, 5.41) is 6.16. The second-order valence-corrected chi connectivity index (χ2v) is 5.80. The van der Waals surface area contributed by atoms with Crippen LogP contribution >= 0.6 is 24.0 Å². The fourth-order valence-electron chi connectivity index (χ4n) is 2.14. The molecule has 148 valence electrons. The van der Waals surface area contributed by atoms with Gasteiger partial charge in [0.25, 0.3) is 0 Å². The Labute approximate surface area is 168 Å². The summed E-state index contributed by atoms with van der Waals surface area (Å²) < 4.78 is 46.9. The maximum absolute atomic E-state index is 12.4. The molecule has 0 saturated heterocycles. The highest BCUT2D eigenvalue weighted by atomic mass is 127. The van der Waals surface area contributed by atoms with Crippen LogP contribution in [0.4, 0.5) is 13.2 Å². The molecule has 0 heterocycles. The van der Waals surface area contributed by atoms with Gasteiger partial charge in [-0.1, -0.05) is 18.2 Å². The standard InChI is InChI=1S/C17H24F3N3O2.HI/c1-2-21-16(22-9-10-24-12-13-7-8-13)23-11-14-5-3-4-6-15(14)25-17(18,19)20;/h3-6,13H,2,7-12H2,1H3,(H2,21,22,23);1H. The van der Waals surface area contributed by atoms with Crippen molar-refractivity contribution in [1.29, 1.82) is 0 Å². The molecule has 2 rings (SSSR count). The molecule has 1 aliphatic rings. The molecular formula is C17H25F3IN3O2. The van der Waals surface area contributed by atoms with Gasteiger partial charge in [-0.3, -0.25) is 0 Å². The van der Waals surface area contributed by atoms with Gasteiger partial charge in [-0.15, -0.1) is 37.1 Å². The smallest absolute Gasteiger partial charge is 0.405 e. The predicted octanol–water partition coefficient (Wildman–Crippen LogP) is 3.68. The molecule has 0 spiro atoms. The number of rotatable bonds is 9. The van der Waals surface area contributed by atoms with Gasteiger partial charge in [0.05, 0.1) is 13.2 Å². The molecular weight excluding hydrogens is 462 g/mol. The van der Waals surface area contributed by atoms with Gasteiger partial charge in [0.1, 0.15) is 5.75 Å². The zero-order valence-corrected chi connectivity index (χ0v) is 17.0. The zero-order chi connectivity index (χ0) is 18.1. The zero-order valence-electron chi connectivity index (χ0n) is 14.6. The van der Waals surface area contributed by atoms with Crippen molar-refractivity contribution < 1.29 is 22.6 Å². The molecule has 9 heteroatoms. The average molecular weight is 487 g/mol. The minimum absolute atomic E-state index is 0. The number of nitrogens with one attached hydrogen (secondary N) is 2. The second-order valence-electron chi connectivity index (χ2n) is 5.80. The number of guanidine groups is 1. The summed E-state index contributed by atoms with van der Waals surface area (Å²) in [6, 6.07) is 5.99. The van der Waals surface area contributed by atoms with E-state index in [1.807, 2.05) is 6.92 Å². The summed E-state index contributed by atoms with van der Waals surface area (Å²) >= 11 is 0. The van der Waals surface area contributed by atoms with Crippen molar-refractivity contribution in [1.82, 2.24) is 10.6 Å². The first-order valence-electron chi connectivity index (χ1n) is 8.41. The fraction of sp³-hybridized carbons (Fsp3) is 0.588. The van der Waals surface area contributed by atoms with Crippen LogP contribution in [0.25, 0.3) is 0 Å². The largest absolute Gasteiger partial charge is 0.573 e. The number of aliphatic imine (C=N–C) groups is 1. The fourth-order valence-corrected chi connectivity index (χ4v) is 2.14. The third kappa shape index (κ3) is 9.46. The molecule has 1 fully saturated rings. The van der Waals surface area contributed by atoms with E-state index in [9.17, 15) is 13.2 Å². The molecule has 0 amide bonds. The number of hydrogen-bond donors (Lipinski definition) is 2. The Morgan fingerprint density at radius 3 is 2.62 bits per heavy atom. The van der Waals surface area contributed by atoms with E-state index in [1.165, 1.54) is 25.0 Å². The van der Waals surface area contributed by atoms with Crippen molar-refractivity contribution >= 4 is 29.9 Å². The Balaban J connectivity index is 0.00000338. The van der Waals surface area contributed by atoms with E-state index in [2.05, 4.69) is 20.4 Å². The normalized spacial score (nSPS) is 14.5. The second kappa shape index (κ2) is 11.5. The molecule has 5 nitrogen and oxygen atoms in total. The van der Waals surface area contributed by atoms with Gasteiger partial charge in [-0.2, -0.15) is 0 Å². The Hall–Kier alpha value is -1.23. The molecule has 2 N–H and O–H groups in total. The van der Waals surface area contributed by atoms with Crippen LogP contribution in [0.5, 0.6) is 5.75 Å². The SMILES string of the molecule is CCNC(=NCc1ccccc1OC(F)(F)F)NCCOCC1CC1.I. The Morgan fingerprint density at radius 2 is 1.96 bits per heavy atom. The lowest BCUT2D eigenvalue weighted by molar-refractivity contribution is -0.274. The van der Waals surface area contributed by atoms with Crippen molar-refractivity contribution in [3.63, 3.8) is 0 Å². The van der Waals surface area contributed by atoms with Gasteiger partial charge < -0.3 is 20.1 Å². The van der Waals surface area contributed by atoms with E-state index in [4.69, 9.17) is 4.74 Å². The molecule has 0 unspecified atom stereocenters. The first kappa shape index (κ1) is 22.8. The van der Waals surface area contributed by atoms with E-state index >= 15 is 0 Å². The van der Waals surface area contributed by atoms with E-state index in [0.717, 1.165) is 6.61 Å². The maximum Gasteiger partial charge on any atom is 0.573 e. The number of ether oxygens (including phenoxy) is 2. The molecule has 0 atom stereocenters. The third-order valence-electron chi connectivity index (χ3n) is 3.54. The summed E-state index contributed by atoms with van der Waals surface area (Å²) in [6.07, 6.45) is -2.23. The van der Waals surface area contributed by atoms with Crippen LogP contribution in [0.1, 0.15) is 25.3 Å². The highest BCUT2D eigenvalue weighted by Gasteiger charge is 2.31. The molecule has 0 radical (unpaired) electrons. The highest BCUT2D eigenvalue weighted by molar-refractivity contribution is 14.0. The molecule has 1 aliphatic carbocycles. The van der Waals surface area contributed by atoms with Gasteiger partial charge >= 0.3 is 6.36 Å². The lowest BCUT2D eigenvalue weighted by Gasteiger charge is -2.14. The Kier molecular flexibility index (Phi) is 10.1. The van der Waals surface area contributed by atoms with Crippen LogP contribution in [0.3, 0.4) is 0 Å². The molecule has 0 aromatic heterocycles. The van der Waals surface area contributed by atoms with Gasteiger partial charge in [-0.05, 0) is 31.7 Å². The van der Waals surface area contributed by atoms with Crippen molar-refractivity contribution in [3.05, 3.63) is 29.8 Å². The number of alkyl halides is 3. The monoisotopic (exact) mass is 487 g/mol. The van der Waals surface area contributed by atoms with Crippen LogP contribution < -0.4 is 15.4 Å². The van der Waals surface area contributed by atoms with Gasteiger partial charge in [0, 0.05) is 25.3 Å². The minimum Gasteiger partial charge on any atom is -0.405 e. The Morgan fingerprint density at radius 1 is 1.23 bits per heavy atom. The molecule has 1 aromatic rings. The molecule has 26 heavy (non-hydrogen) atoms. The van der Waals surface area contributed by atoms with Crippen LogP contribution in [-0.2, 0) is 11.3 Å². The first-order valence-corrected chi connectivity index (χ1v) is 8.41. The number of para-hydroxylation sites is 1. The third-order valence-corrected chi connectivity index (χ3v) is 3.54. The first-order chi connectivity index (χ1) is 12.0. The van der Waals surface area contributed by atoms with Crippen LogP contribution in [-0.4, -0.2) is 38.6 Å². The van der Waals surface area contributed by atoms with E-state index in [1.54, 1.807) is 12.1 Å². The number of benzene rings is 1. The number of halogens is 4. The summed E-state index contributed by atoms with van der Waals surface area (Å²) in [5.41, 5.74) is 0.363. The van der Waals surface area contributed by atoms with Crippen LogP contribution in [0, 0.1) is 5.92 Å². The molecule has 1 saturated carbocycles. The lowest BCUT2D eigenvalue weighted by atomic mass is 10.2. The van der Waals surface area contributed by atoms with Crippen molar-refractivity contribution in [2.45, 2.75) is 32.7 Å². The molecule has 0 bridgehead atoms. The van der Waals surface area contributed by atoms with Crippen LogP contribution in [0.2, 0.25) is 0 Å². The topological polar surface area (TPSA) is 54.9 Å². The maximum atomic E-state index is 12.4.